The van der Waals surface area contributed by atoms with Crippen LogP contribution in [-0.4, -0.2) is 32.1 Å². The highest BCUT2D eigenvalue weighted by Gasteiger charge is 2.03. The minimum absolute atomic E-state index is 0.0690. The molecule has 1 amide bonds. The van der Waals surface area contributed by atoms with Gasteiger partial charge in [0.15, 0.2) is 0 Å². The summed E-state index contributed by atoms with van der Waals surface area (Å²) < 4.78 is 0. The van der Waals surface area contributed by atoms with Crippen molar-refractivity contribution in [2.24, 2.45) is 11.7 Å². The molecule has 0 aromatic carbocycles. The fourth-order valence-electron chi connectivity index (χ4n) is 0.705. The Morgan fingerprint density at radius 1 is 1.33 bits per heavy atom. The van der Waals surface area contributed by atoms with Gasteiger partial charge in [0.1, 0.15) is 0 Å². The number of rotatable bonds is 6. The van der Waals surface area contributed by atoms with E-state index in [2.05, 4.69) is 10.6 Å². The molecule has 0 saturated heterocycles. The Bertz CT molecular complexity index is 125. The van der Waals surface area contributed by atoms with E-state index in [9.17, 15) is 4.79 Å². The van der Waals surface area contributed by atoms with Gasteiger partial charge in [0.05, 0.1) is 0 Å². The summed E-state index contributed by atoms with van der Waals surface area (Å²) in [7, 11) is 0. The largest absolute Gasteiger partial charge is 0.355 e. The quantitative estimate of drug-likeness (QED) is 0.466. The molecule has 0 rings (SSSR count). The van der Waals surface area contributed by atoms with Crippen LogP contribution in [0.1, 0.15) is 13.8 Å². The van der Waals surface area contributed by atoms with Crippen LogP contribution < -0.4 is 16.4 Å². The third kappa shape index (κ3) is 6.12. The minimum atomic E-state index is 0.0690. The van der Waals surface area contributed by atoms with E-state index >= 15 is 0 Å². The van der Waals surface area contributed by atoms with Crippen molar-refractivity contribution in [3.05, 3.63) is 0 Å². The van der Waals surface area contributed by atoms with Crippen molar-refractivity contribution in [2.45, 2.75) is 13.8 Å². The first-order valence-electron chi connectivity index (χ1n) is 4.37. The molecule has 12 heavy (non-hydrogen) atoms. The molecule has 0 aliphatic carbocycles. The fraction of sp³-hybridized carbons (Fsp3) is 0.875. The maximum Gasteiger partial charge on any atom is 0.222 e. The lowest BCUT2D eigenvalue weighted by atomic mass is 10.2. The smallest absolute Gasteiger partial charge is 0.222 e. The van der Waals surface area contributed by atoms with Crippen molar-refractivity contribution in [1.29, 1.82) is 0 Å². The summed E-state index contributed by atoms with van der Waals surface area (Å²) >= 11 is 0. The van der Waals surface area contributed by atoms with Crippen molar-refractivity contribution < 1.29 is 4.79 Å². The molecular weight excluding hydrogens is 154 g/mol. The average molecular weight is 173 g/mol. The van der Waals surface area contributed by atoms with Gasteiger partial charge in [-0.25, -0.2) is 0 Å². The Morgan fingerprint density at radius 3 is 2.50 bits per heavy atom. The summed E-state index contributed by atoms with van der Waals surface area (Å²) in [5.74, 6) is 0.170. The van der Waals surface area contributed by atoms with E-state index in [1.165, 1.54) is 0 Å². The first-order valence-corrected chi connectivity index (χ1v) is 4.37. The zero-order chi connectivity index (χ0) is 9.40. The van der Waals surface area contributed by atoms with Crippen molar-refractivity contribution in [3.8, 4) is 0 Å². The lowest BCUT2D eigenvalue weighted by Gasteiger charge is -2.07. The first kappa shape index (κ1) is 11.4. The molecule has 0 atom stereocenters. The minimum Gasteiger partial charge on any atom is -0.355 e. The molecule has 0 aromatic heterocycles. The van der Waals surface area contributed by atoms with Gasteiger partial charge in [-0.05, 0) is 0 Å². The van der Waals surface area contributed by atoms with Crippen molar-refractivity contribution >= 4 is 5.91 Å². The van der Waals surface area contributed by atoms with E-state index in [0.29, 0.717) is 13.1 Å². The van der Waals surface area contributed by atoms with Gasteiger partial charge in [0.25, 0.3) is 0 Å². The molecule has 0 fully saturated rings. The molecule has 0 aromatic rings. The maximum absolute atomic E-state index is 11.0. The highest BCUT2D eigenvalue weighted by atomic mass is 16.1. The van der Waals surface area contributed by atoms with Crippen LogP contribution in [0, 0.1) is 5.92 Å². The molecular formula is C8H19N3O. The second-order valence-corrected chi connectivity index (χ2v) is 2.98. The summed E-state index contributed by atoms with van der Waals surface area (Å²) in [4.78, 5) is 11.0. The Morgan fingerprint density at radius 2 is 2.00 bits per heavy atom. The van der Waals surface area contributed by atoms with Gasteiger partial charge >= 0.3 is 0 Å². The summed E-state index contributed by atoms with van der Waals surface area (Å²) in [6.07, 6.45) is 0. The third-order valence-corrected chi connectivity index (χ3v) is 1.45. The predicted octanol–water partition coefficient (Wildman–Crippen LogP) is -0.693. The number of amides is 1. The van der Waals surface area contributed by atoms with Gasteiger partial charge in [-0.3, -0.25) is 4.79 Å². The van der Waals surface area contributed by atoms with Crippen LogP contribution in [0.3, 0.4) is 0 Å². The van der Waals surface area contributed by atoms with E-state index in [-0.39, 0.29) is 11.8 Å². The van der Waals surface area contributed by atoms with E-state index in [0.717, 1.165) is 13.1 Å². The van der Waals surface area contributed by atoms with Crippen LogP contribution in [-0.2, 0) is 4.79 Å². The molecule has 0 bridgehead atoms. The first-order chi connectivity index (χ1) is 5.68. The predicted molar refractivity (Wildman–Crippen MR) is 49.8 cm³/mol. The van der Waals surface area contributed by atoms with Gasteiger partial charge in [-0.15, -0.1) is 0 Å². The van der Waals surface area contributed by atoms with Crippen LogP contribution >= 0.6 is 0 Å². The fourth-order valence-corrected chi connectivity index (χ4v) is 0.705. The summed E-state index contributed by atoms with van der Waals surface area (Å²) in [5.41, 5.74) is 5.27. The topological polar surface area (TPSA) is 67.2 Å². The molecule has 4 nitrogen and oxygen atoms in total. The Kier molecular flexibility index (Phi) is 6.70. The van der Waals surface area contributed by atoms with Crippen LogP contribution in [0.5, 0.6) is 0 Å². The monoisotopic (exact) mass is 173 g/mol. The lowest BCUT2D eigenvalue weighted by molar-refractivity contribution is -0.123. The molecule has 0 aliphatic heterocycles. The molecule has 0 heterocycles. The van der Waals surface area contributed by atoms with Gasteiger partial charge < -0.3 is 16.4 Å². The Labute approximate surface area is 73.9 Å². The van der Waals surface area contributed by atoms with Gasteiger partial charge in [-0.2, -0.15) is 0 Å². The number of carbonyl (C=O) groups is 1. The van der Waals surface area contributed by atoms with Crippen LogP contribution in [0.4, 0.5) is 0 Å². The van der Waals surface area contributed by atoms with Gasteiger partial charge in [0.2, 0.25) is 5.91 Å². The molecule has 4 heteroatoms. The van der Waals surface area contributed by atoms with Crippen molar-refractivity contribution in [1.82, 2.24) is 10.6 Å². The zero-order valence-corrected chi connectivity index (χ0v) is 7.89. The maximum atomic E-state index is 11.0. The summed E-state index contributed by atoms with van der Waals surface area (Å²) in [5, 5.41) is 5.89. The highest BCUT2D eigenvalue weighted by Crippen LogP contribution is 1.88. The van der Waals surface area contributed by atoms with Crippen molar-refractivity contribution in [2.75, 3.05) is 26.2 Å². The zero-order valence-electron chi connectivity index (χ0n) is 7.89. The number of nitrogens with two attached hydrogens (primary N) is 1. The van der Waals surface area contributed by atoms with Crippen LogP contribution in [0.25, 0.3) is 0 Å². The average Bonchev–Trinajstić information content (AvgIpc) is 2.03. The SMILES string of the molecule is CC(C)C(=O)NCCNCCN. The summed E-state index contributed by atoms with van der Waals surface area (Å²) in [6, 6.07) is 0. The number of carbonyl (C=O) groups excluding carboxylic acids is 1. The molecule has 0 spiro atoms. The van der Waals surface area contributed by atoms with E-state index < -0.39 is 0 Å². The molecule has 0 unspecified atom stereocenters. The standard InChI is InChI=1S/C8H19N3O/c1-7(2)8(12)11-6-5-10-4-3-9/h7,10H,3-6,9H2,1-2H3,(H,11,12). The second-order valence-electron chi connectivity index (χ2n) is 2.98. The van der Waals surface area contributed by atoms with E-state index in [1.54, 1.807) is 0 Å². The third-order valence-electron chi connectivity index (χ3n) is 1.45. The molecule has 0 radical (unpaired) electrons. The van der Waals surface area contributed by atoms with Gasteiger partial charge in [-0.1, -0.05) is 13.8 Å². The van der Waals surface area contributed by atoms with Crippen molar-refractivity contribution in [3.63, 3.8) is 0 Å². The van der Waals surface area contributed by atoms with E-state index in [1.807, 2.05) is 13.8 Å². The molecule has 4 N–H and O–H groups in total. The molecule has 0 saturated carbocycles. The van der Waals surface area contributed by atoms with Gasteiger partial charge in [0, 0.05) is 32.1 Å². The second kappa shape index (κ2) is 7.06. The van der Waals surface area contributed by atoms with Crippen LogP contribution in [0.15, 0.2) is 0 Å². The number of hydrogen-bond donors (Lipinski definition) is 3. The number of nitrogens with one attached hydrogen (secondary N) is 2. The normalized spacial score (nSPS) is 10.3. The lowest BCUT2D eigenvalue weighted by Crippen LogP contribution is -2.35. The highest BCUT2D eigenvalue weighted by molar-refractivity contribution is 5.77. The molecule has 0 aliphatic rings. The summed E-state index contributed by atoms with van der Waals surface area (Å²) in [6.45, 7) is 6.66. The number of hydrogen-bond acceptors (Lipinski definition) is 3. The molecule has 72 valence electrons. The van der Waals surface area contributed by atoms with E-state index in [4.69, 9.17) is 5.73 Å². The van der Waals surface area contributed by atoms with Crippen LogP contribution in [0.2, 0.25) is 0 Å². The Hall–Kier alpha value is -0.610. The Balaban J connectivity index is 3.14.